The third-order valence-electron chi connectivity index (χ3n) is 3.52. The number of nitrogens with one attached hydrogen (secondary N) is 1. The maximum absolute atomic E-state index is 11.9. The first-order valence-corrected chi connectivity index (χ1v) is 6.34. The summed E-state index contributed by atoms with van der Waals surface area (Å²) < 4.78 is 0. The van der Waals surface area contributed by atoms with Gasteiger partial charge in [-0.05, 0) is 12.3 Å². The van der Waals surface area contributed by atoms with E-state index in [2.05, 4.69) is 15.2 Å². The maximum Gasteiger partial charge on any atom is 0.222 e. The van der Waals surface area contributed by atoms with Crippen molar-refractivity contribution >= 4 is 5.91 Å². The lowest BCUT2D eigenvalue weighted by Crippen LogP contribution is -2.26. The molecule has 94 valence electrons. The summed E-state index contributed by atoms with van der Waals surface area (Å²) in [5.74, 6) is 1.72. The first-order chi connectivity index (χ1) is 8.25. The van der Waals surface area contributed by atoms with Crippen molar-refractivity contribution in [1.29, 1.82) is 0 Å². The van der Waals surface area contributed by atoms with Crippen LogP contribution in [0.1, 0.15) is 44.3 Å². The summed E-state index contributed by atoms with van der Waals surface area (Å²) in [6, 6.07) is 0. The Kier molecular flexibility index (Phi) is 4.12. The van der Waals surface area contributed by atoms with Crippen LogP contribution in [0.15, 0.2) is 6.33 Å². The highest BCUT2D eigenvalue weighted by Crippen LogP contribution is 2.28. The number of carbonyl (C=O) groups excluding carboxylic acids is 1. The predicted octanol–water partition coefficient (Wildman–Crippen LogP) is 1.73. The van der Waals surface area contributed by atoms with Crippen molar-refractivity contribution in [3.05, 3.63) is 12.2 Å². The lowest BCUT2D eigenvalue weighted by atomic mass is 10.0. The fourth-order valence-corrected chi connectivity index (χ4v) is 2.44. The standard InChI is InChI=1S/C12H20N4O/c1-16(8-11-13-9-14-15-11)12(17)7-6-10-4-2-3-5-10/h9-10H,2-8H2,1H3,(H,13,14,15). The maximum atomic E-state index is 11.9. The van der Waals surface area contributed by atoms with Gasteiger partial charge in [-0.25, -0.2) is 4.98 Å². The van der Waals surface area contributed by atoms with Crippen LogP contribution in [0.5, 0.6) is 0 Å². The molecule has 1 aromatic rings. The van der Waals surface area contributed by atoms with E-state index < -0.39 is 0 Å². The number of amides is 1. The number of nitrogens with zero attached hydrogens (tertiary/aromatic N) is 3. The van der Waals surface area contributed by atoms with E-state index in [-0.39, 0.29) is 5.91 Å². The number of hydrogen-bond acceptors (Lipinski definition) is 3. The Morgan fingerprint density at radius 1 is 1.53 bits per heavy atom. The Morgan fingerprint density at radius 3 is 2.94 bits per heavy atom. The second kappa shape index (κ2) is 5.80. The third-order valence-corrected chi connectivity index (χ3v) is 3.52. The lowest BCUT2D eigenvalue weighted by Gasteiger charge is -2.16. The fourth-order valence-electron chi connectivity index (χ4n) is 2.44. The molecule has 17 heavy (non-hydrogen) atoms. The zero-order chi connectivity index (χ0) is 12.1. The van der Waals surface area contributed by atoms with Gasteiger partial charge in [0.1, 0.15) is 12.2 Å². The molecule has 0 saturated heterocycles. The van der Waals surface area contributed by atoms with Gasteiger partial charge in [-0.15, -0.1) is 0 Å². The molecule has 0 bridgehead atoms. The predicted molar refractivity (Wildman–Crippen MR) is 64.0 cm³/mol. The summed E-state index contributed by atoms with van der Waals surface area (Å²) in [7, 11) is 1.82. The topological polar surface area (TPSA) is 61.9 Å². The molecular weight excluding hydrogens is 216 g/mol. The van der Waals surface area contributed by atoms with E-state index in [1.165, 1.54) is 32.0 Å². The van der Waals surface area contributed by atoms with Crippen LogP contribution in [0.2, 0.25) is 0 Å². The summed E-state index contributed by atoms with van der Waals surface area (Å²) in [5.41, 5.74) is 0. The van der Waals surface area contributed by atoms with Gasteiger partial charge in [0.05, 0.1) is 6.54 Å². The van der Waals surface area contributed by atoms with Crippen LogP contribution < -0.4 is 0 Å². The molecule has 0 unspecified atom stereocenters. The number of aromatic amines is 1. The fraction of sp³-hybridized carbons (Fsp3) is 0.750. The molecule has 0 aromatic carbocycles. The van der Waals surface area contributed by atoms with Crippen molar-refractivity contribution in [2.75, 3.05) is 7.05 Å². The molecule has 1 fully saturated rings. The minimum Gasteiger partial charge on any atom is -0.338 e. The number of carbonyl (C=O) groups is 1. The highest BCUT2D eigenvalue weighted by molar-refractivity contribution is 5.75. The number of aromatic nitrogens is 3. The van der Waals surface area contributed by atoms with E-state index in [9.17, 15) is 4.79 Å². The van der Waals surface area contributed by atoms with Gasteiger partial charge in [0.15, 0.2) is 0 Å². The minimum absolute atomic E-state index is 0.202. The van der Waals surface area contributed by atoms with Gasteiger partial charge in [0, 0.05) is 13.5 Å². The Bertz CT molecular complexity index is 343. The summed E-state index contributed by atoms with van der Waals surface area (Å²) in [4.78, 5) is 17.6. The van der Waals surface area contributed by atoms with Crippen LogP contribution >= 0.6 is 0 Å². The second-order valence-electron chi connectivity index (χ2n) is 4.87. The van der Waals surface area contributed by atoms with E-state index in [1.807, 2.05) is 7.05 Å². The van der Waals surface area contributed by atoms with Gasteiger partial charge in [0.2, 0.25) is 5.91 Å². The van der Waals surface area contributed by atoms with E-state index in [0.29, 0.717) is 13.0 Å². The second-order valence-corrected chi connectivity index (χ2v) is 4.87. The van der Waals surface area contributed by atoms with Crippen molar-refractivity contribution in [1.82, 2.24) is 20.1 Å². The summed E-state index contributed by atoms with van der Waals surface area (Å²) in [6.45, 7) is 0.517. The van der Waals surface area contributed by atoms with Crippen molar-refractivity contribution in [3.8, 4) is 0 Å². The molecule has 1 amide bonds. The largest absolute Gasteiger partial charge is 0.338 e. The molecule has 1 aliphatic carbocycles. The molecule has 0 atom stereocenters. The zero-order valence-electron chi connectivity index (χ0n) is 10.4. The van der Waals surface area contributed by atoms with Gasteiger partial charge < -0.3 is 4.90 Å². The van der Waals surface area contributed by atoms with Gasteiger partial charge in [0.25, 0.3) is 0 Å². The van der Waals surface area contributed by atoms with E-state index >= 15 is 0 Å². The van der Waals surface area contributed by atoms with Gasteiger partial charge in [-0.3, -0.25) is 9.89 Å². The van der Waals surface area contributed by atoms with Crippen LogP contribution in [-0.2, 0) is 11.3 Å². The van der Waals surface area contributed by atoms with Crippen molar-refractivity contribution in [2.45, 2.75) is 45.1 Å². The van der Waals surface area contributed by atoms with Gasteiger partial charge in [-0.1, -0.05) is 25.7 Å². The van der Waals surface area contributed by atoms with Gasteiger partial charge >= 0.3 is 0 Å². The van der Waals surface area contributed by atoms with Crippen molar-refractivity contribution in [3.63, 3.8) is 0 Å². The molecule has 1 heterocycles. The zero-order valence-corrected chi connectivity index (χ0v) is 10.4. The first-order valence-electron chi connectivity index (χ1n) is 6.34. The molecule has 1 aliphatic rings. The average Bonchev–Trinajstić information content (AvgIpc) is 2.98. The highest BCUT2D eigenvalue weighted by Gasteiger charge is 2.17. The molecular formula is C12H20N4O. The molecule has 5 heteroatoms. The summed E-state index contributed by atoms with van der Waals surface area (Å²) in [6.07, 6.45) is 8.46. The van der Waals surface area contributed by atoms with Crippen molar-refractivity contribution in [2.24, 2.45) is 5.92 Å². The van der Waals surface area contributed by atoms with Crippen LogP contribution in [-0.4, -0.2) is 33.0 Å². The Labute approximate surface area is 102 Å². The summed E-state index contributed by atoms with van der Waals surface area (Å²) >= 11 is 0. The molecule has 1 aromatic heterocycles. The molecule has 0 aliphatic heterocycles. The minimum atomic E-state index is 0.202. The Balaban J connectivity index is 1.71. The van der Waals surface area contributed by atoms with Gasteiger partial charge in [-0.2, -0.15) is 5.10 Å². The number of H-pyrrole nitrogens is 1. The quantitative estimate of drug-likeness (QED) is 0.847. The Morgan fingerprint density at radius 2 is 2.29 bits per heavy atom. The van der Waals surface area contributed by atoms with Crippen LogP contribution in [0.4, 0.5) is 0 Å². The van der Waals surface area contributed by atoms with E-state index in [4.69, 9.17) is 0 Å². The normalized spacial score (nSPS) is 16.3. The van der Waals surface area contributed by atoms with E-state index in [0.717, 1.165) is 18.2 Å². The summed E-state index contributed by atoms with van der Waals surface area (Å²) in [5, 5.41) is 6.53. The molecule has 1 saturated carbocycles. The SMILES string of the molecule is CN(Cc1ncn[nH]1)C(=O)CCC1CCCC1. The average molecular weight is 236 g/mol. The third kappa shape index (κ3) is 3.54. The molecule has 5 nitrogen and oxygen atoms in total. The number of rotatable bonds is 5. The lowest BCUT2D eigenvalue weighted by molar-refractivity contribution is -0.130. The Hall–Kier alpha value is -1.39. The molecule has 1 N–H and O–H groups in total. The first kappa shape index (κ1) is 12.1. The van der Waals surface area contributed by atoms with Crippen LogP contribution in [0.25, 0.3) is 0 Å². The van der Waals surface area contributed by atoms with Crippen LogP contribution in [0, 0.1) is 5.92 Å². The monoisotopic (exact) mass is 236 g/mol. The highest BCUT2D eigenvalue weighted by atomic mass is 16.2. The number of hydrogen-bond donors (Lipinski definition) is 1. The van der Waals surface area contributed by atoms with Crippen LogP contribution in [0.3, 0.4) is 0 Å². The molecule has 2 rings (SSSR count). The molecule has 0 radical (unpaired) electrons. The van der Waals surface area contributed by atoms with E-state index in [1.54, 1.807) is 4.90 Å². The smallest absolute Gasteiger partial charge is 0.222 e. The van der Waals surface area contributed by atoms with Crippen molar-refractivity contribution < 1.29 is 4.79 Å². The molecule has 0 spiro atoms.